The molecule has 0 saturated heterocycles. The second-order valence-corrected chi connectivity index (χ2v) is 4.45. The first kappa shape index (κ1) is 16.9. The van der Waals surface area contributed by atoms with Crippen LogP contribution in [0.5, 0.6) is 0 Å². The number of amides is 2. The Hall–Kier alpha value is -2.10. The van der Waals surface area contributed by atoms with E-state index >= 15 is 0 Å². The number of hydrogen-bond donors (Lipinski definition) is 2. The normalized spacial score (nSPS) is 14.6. The van der Waals surface area contributed by atoms with Crippen molar-refractivity contribution in [2.75, 3.05) is 13.2 Å². The number of nitrogens with one attached hydrogen (secondary N) is 1. The molecule has 2 unspecified atom stereocenters. The number of rotatable bonds is 9. The number of ether oxygens (including phenoxy) is 1. The van der Waals surface area contributed by atoms with Crippen molar-refractivity contribution in [3.05, 3.63) is 0 Å². The molecule has 0 aromatic rings. The Bertz CT molecular complexity index is 378. The Morgan fingerprint density at radius 2 is 2.21 bits per heavy atom. The Morgan fingerprint density at radius 1 is 1.58 bits per heavy atom. The Kier molecular flexibility index (Phi) is 7.19. The number of primary amides is 1. The van der Waals surface area contributed by atoms with Crippen molar-refractivity contribution in [1.82, 2.24) is 5.32 Å². The van der Waals surface area contributed by atoms with Crippen LogP contribution in [0.1, 0.15) is 26.7 Å². The molecule has 106 valence electrons. The maximum atomic E-state index is 11.4. The van der Waals surface area contributed by atoms with E-state index in [1.54, 1.807) is 13.8 Å². The average Bonchev–Trinajstić information content (AvgIpc) is 2.40. The van der Waals surface area contributed by atoms with E-state index in [1.807, 2.05) is 6.07 Å². The minimum absolute atomic E-state index is 0.0166. The minimum Gasteiger partial charge on any atom is -0.464 e. The van der Waals surface area contributed by atoms with Gasteiger partial charge in [-0.1, -0.05) is 6.92 Å². The van der Waals surface area contributed by atoms with Gasteiger partial charge < -0.3 is 15.8 Å². The second kappa shape index (κ2) is 8.08. The van der Waals surface area contributed by atoms with Gasteiger partial charge in [-0.2, -0.15) is 5.26 Å². The molecule has 0 saturated carbocycles. The van der Waals surface area contributed by atoms with Crippen molar-refractivity contribution < 1.29 is 19.1 Å². The van der Waals surface area contributed by atoms with Crippen LogP contribution in [0.15, 0.2) is 0 Å². The summed E-state index contributed by atoms with van der Waals surface area (Å²) in [5.74, 6) is -1.71. The number of carbonyl (C=O) groups is 3. The highest BCUT2D eigenvalue weighted by molar-refractivity contribution is 5.77. The van der Waals surface area contributed by atoms with E-state index in [-0.39, 0.29) is 26.0 Å². The first-order valence-corrected chi connectivity index (χ1v) is 5.90. The lowest BCUT2D eigenvalue weighted by molar-refractivity contribution is -0.144. The topological polar surface area (TPSA) is 122 Å². The lowest BCUT2D eigenvalue weighted by Crippen LogP contribution is -2.35. The maximum absolute atomic E-state index is 11.4. The van der Waals surface area contributed by atoms with Crippen LogP contribution in [0.25, 0.3) is 0 Å². The molecule has 7 heteroatoms. The zero-order valence-corrected chi connectivity index (χ0v) is 11.1. The molecular weight excluding hydrogens is 250 g/mol. The van der Waals surface area contributed by atoms with Crippen LogP contribution < -0.4 is 11.1 Å². The molecule has 2 amide bonds. The molecule has 0 radical (unpaired) electrons. The standard InChI is InChI=1S/C12H19N3O4/c1-9(11(14)18)12(2,7-13)4-3-10(17)19-6-5-15-8-16/h8-9H,3-6H2,1-2H3,(H2,14,18)(H,15,16). The van der Waals surface area contributed by atoms with E-state index in [2.05, 4.69) is 5.32 Å². The molecule has 0 rings (SSSR count). The van der Waals surface area contributed by atoms with Crippen molar-refractivity contribution in [2.45, 2.75) is 26.7 Å². The molecule has 7 nitrogen and oxygen atoms in total. The van der Waals surface area contributed by atoms with E-state index in [0.29, 0.717) is 6.41 Å². The molecule has 0 heterocycles. The Balaban J connectivity index is 4.21. The fourth-order valence-electron chi connectivity index (χ4n) is 1.40. The van der Waals surface area contributed by atoms with Crippen molar-refractivity contribution in [2.24, 2.45) is 17.1 Å². The van der Waals surface area contributed by atoms with Crippen LogP contribution in [0.2, 0.25) is 0 Å². The summed E-state index contributed by atoms with van der Waals surface area (Å²) in [7, 11) is 0. The third-order valence-electron chi connectivity index (χ3n) is 3.08. The Morgan fingerprint density at radius 3 is 2.68 bits per heavy atom. The largest absolute Gasteiger partial charge is 0.464 e. The summed E-state index contributed by atoms with van der Waals surface area (Å²) in [5, 5.41) is 11.5. The molecule has 0 aromatic heterocycles. The van der Waals surface area contributed by atoms with E-state index in [1.165, 1.54) is 0 Å². The molecule has 0 fully saturated rings. The van der Waals surface area contributed by atoms with Crippen LogP contribution in [0.4, 0.5) is 0 Å². The third-order valence-corrected chi connectivity index (χ3v) is 3.08. The lowest BCUT2D eigenvalue weighted by atomic mass is 9.75. The molecule has 0 aliphatic carbocycles. The molecule has 3 N–H and O–H groups in total. The fraction of sp³-hybridized carbons (Fsp3) is 0.667. The molecule has 0 aliphatic heterocycles. The van der Waals surface area contributed by atoms with Gasteiger partial charge in [-0.3, -0.25) is 14.4 Å². The number of nitrogens with zero attached hydrogens (tertiary/aromatic N) is 1. The lowest BCUT2D eigenvalue weighted by Gasteiger charge is -2.25. The predicted octanol–water partition coefficient (Wildman–Crippen LogP) is -0.293. The molecule has 2 atom stereocenters. The fourth-order valence-corrected chi connectivity index (χ4v) is 1.40. The zero-order chi connectivity index (χ0) is 14.9. The van der Waals surface area contributed by atoms with Crippen LogP contribution >= 0.6 is 0 Å². The average molecular weight is 269 g/mol. The number of nitrogens with two attached hydrogens (primary N) is 1. The maximum Gasteiger partial charge on any atom is 0.305 e. The highest BCUT2D eigenvalue weighted by Gasteiger charge is 2.35. The van der Waals surface area contributed by atoms with Gasteiger partial charge in [-0.25, -0.2) is 0 Å². The van der Waals surface area contributed by atoms with E-state index in [9.17, 15) is 14.4 Å². The van der Waals surface area contributed by atoms with Gasteiger partial charge in [0, 0.05) is 6.42 Å². The second-order valence-electron chi connectivity index (χ2n) is 4.45. The summed E-state index contributed by atoms with van der Waals surface area (Å²) < 4.78 is 4.84. The number of hydrogen-bond acceptors (Lipinski definition) is 5. The molecule has 0 bridgehead atoms. The van der Waals surface area contributed by atoms with E-state index in [0.717, 1.165) is 0 Å². The van der Waals surface area contributed by atoms with E-state index < -0.39 is 23.2 Å². The van der Waals surface area contributed by atoms with Gasteiger partial charge in [-0.05, 0) is 13.3 Å². The molecule has 0 spiro atoms. The highest BCUT2D eigenvalue weighted by atomic mass is 16.5. The van der Waals surface area contributed by atoms with Crippen molar-refractivity contribution in [3.63, 3.8) is 0 Å². The molecular formula is C12H19N3O4. The minimum atomic E-state index is -0.994. The first-order valence-electron chi connectivity index (χ1n) is 5.90. The first-order chi connectivity index (χ1) is 8.87. The van der Waals surface area contributed by atoms with Gasteiger partial charge >= 0.3 is 5.97 Å². The summed E-state index contributed by atoms with van der Waals surface area (Å²) >= 11 is 0. The molecule has 19 heavy (non-hydrogen) atoms. The smallest absolute Gasteiger partial charge is 0.305 e. The van der Waals surface area contributed by atoms with Crippen molar-refractivity contribution in [3.8, 4) is 6.07 Å². The summed E-state index contributed by atoms with van der Waals surface area (Å²) in [6.07, 6.45) is 0.714. The van der Waals surface area contributed by atoms with Crippen LogP contribution in [-0.4, -0.2) is 31.4 Å². The zero-order valence-electron chi connectivity index (χ0n) is 11.1. The predicted molar refractivity (Wildman–Crippen MR) is 66.3 cm³/mol. The number of esters is 1. The summed E-state index contributed by atoms with van der Waals surface area (Å²) in [6, 6.07) is 2.02. The monoisotopic (exact) mass is 269 g/mol. The Labute approximate surface area is 112 Å². The highest BCUT2D eigenvalue weighted by Crippen LogP contribution is 2.31. The van der Waals surface area contributed by atoms with Gasteiger partial charge in [0.2, 0.25) is 12.3 Å². The van der Waals surface area contributed by atoms with Gasteiger partial charge in [0.15, 0.2) is 0 Å². The van der Waals surface area contributed by atoms with Gasteiger partial charge in [0.05, 0.1) is 23.9 Å². The summed E-state index contributed by atoms with van der Waals surface area (Å²) in [6.45, 7) is 3.46. The quantitative estimate of drug-likeness (QED) is 0.338. The molecule has 0 aliphatic rings. The SMILES string of the molecule is CC(C(N)=O)C(C)(C#N)CCC(=O)OCCNC=O. The van der Waals surface area contributed by atoms with Crippen molar-refractivity contribution >= 4 is 18.3 Å². The number of carbonyl (C=O) groups excluding carboxylic acids is 3. The summed E-state index contributed by atoms with van der Waals surface area (Å²) in [4.78, 5) is 32.5. The summed E-state index contributed by atoms with van der Waals surface area (Å²) in [5.41, 5.74) is 4.18. The van der Waals surface area contributed by atoms with Gasteiger partial charge in [0.25, 0.3) is 0 Å². The third kappa shape index (κ3) is 5.86. The van der Waals surface area contributed by atoms with Crippen LogP contribution in [0, 0.1) is 22.7 Å². The van der Waals surface area contributed by atoms with E-state index in [4.69, 9.17) is 15.7 Å². The van der Waals surface area contributed by atoms with Gasteiger partial charge in [-0.15, -0.1) is 0 Å². The van der Waals surface area contributed by atoms with Gasteiger partial charge in [0.1, 0.15) is 6.61 Å². The number of nitriles is 1. The molecule has 0 aromatic carbocycles. The van der Waals surface area contributed by atoms with Crippen LogP contribution in [0.3, 0.4) is 0 Å². The van der Waals surface area contributed by atoms with Crippen LogP contribution in [-0.2, 0) is 19.1 Å². The van der Waals surface area contributed by atoms with Crippen molar-refractivity contribution in [1.29, 1.82) is 5.26 Å².